The first-order valence-corrected chi connectivity index (χ1v) is 10.5. The van der Waals surface area contributed by atoms with Crippen LogP contribution in [0.2, 0.25) is 0 Å². The lowest BCUT2D eigenvalue weighted by Gasteiger charge is -2.17. The van der Waals surface area contributed by atoms with Gasteiger partial charge < -0.3 is 10.6 Å². The number of anilines is 1. The van der Waals surface area contributed by atoms with Crippen molar-refractivity contribution < 1.29 is 4.79 Å². The van der Waals surface area contributed by atoms with Crippen LogP contribution in [0.1, 0.15) is 17.2 Å². The van der Waals surface area contributed by atoms with Gasteiger partial charge in [-0.1, -0.05) is 11.8 Å². The van der Waals surface area contributed by atoms with Crippen molar-refractivity contribution in [2.45, 2.75) is 22.1 Å². The molecule has 0 radical (unpaired) electrons. The maximum Gasteiger partial charge on any atom is 0.229 e. The Bertz CT molecular complexity index is 940. The molecule has 28 heavy (non-hydrogen) atoms. The number of carbonyl (C=O) groups excluding carboxylic acids is 1. The molecular weight excluding hydrogens is 414 g/mol. The quantitative estimate of drug-likeness (QED) is 0.639. The molecule has 9 heteroatoms. The van der Waals surface area contributed by atoms with Crippen LogP contribution in [0.5, 0.6) is 0 Å². The standard InChI is InChI=1S/C19H21N5OS2.ClH/c1-12-11-26-19(22-12)27-15-5-3-14(4-6-15)23-18(25)17-9-20-8-16(17)13-7-21-24(2)10-13;/h3-7,10-11,16-17,20H,8-9H2,1-2H3,(H,23,25);1H/t16-,17+;/m1./s1. The molecule has 0 unspecified atom stereocenters. The molecule has 148 valence electrons. The highest BCUT2D eigenvalue weighted by atomic mass is 35.5. The Balaban J connectivity index is 0.00000225. The Labute approximate surface area is 178 Å². The van der Waals surface area contributed by atoms with Crippen LogP contribution in [0.3, 0.4) is 0 Å². The van der Waals surface area contributed by atoms with Gasteiger partial charge in [-0.05, 0) is 36.8 Å². The second-order valence-corrected chi connectivity index (χ2v) is 8.87. The Morgan fingerprint density at radius 1 is 1.32 bits per heavy atom. The fourth-order valence-corrected chi connectivity index (χ4v) is 5.07. The molecule has 4 rings (SSSR count). The zero-order valence-corrected chi connectivity index (χ0v) is 18.0. The third kappa shape index (κ3) is 4.75. The lowest BCUT2D eigenvalue weighted by Crippen LogP contribution is -2.28. The highest BCUT2D eigenvalue weighted by Gasteiger charge is 2.34. The van der Waals surface area contributed by atoms with Gasteiger partial charge in [-0.3, -0.25) is 9.48 Å². The number of hydrogen-bond donors (Lipinski definition) is 2. The second-order valence-electron chi connectivity index (χ2n) is 6.69. The van der Waals surface area contributed by atoms with E-state index in [1.165, 1.54) is 0 Å². The molecule has 2 atom stereocenters. The van der Waals surface area contributed by atoms with Gasteiger partial charge in [0.1, 0.15) is 0 Å². The minimum Gasteiger partial charge on any atom is -0.326 e. The fraction of sp³-hybridized carbons (Fsp3) is 0.316. The summed E-state index contributed by atoms with van der Waals surface area (Å²) in [5.41, 5.74) is 2.96. The highest BCUT2D eigenvalue weighted by molar-refractivity contribution is 8.01. The number of hydrogen-bond acceptors (Lipinski definition) is 6. The first-order valence-electron chi connectivity index (χ1n) is 8.78. The summed E-state index contributed by atoms with van der Waals surface area (Å²) in [7, 11) is 1.90. The molecule has 1 fully saturated rings. The first kappa shape index (κ1) is 20.9. The summed E-state index contributed by atoms with van der Waals surface area (Å²) in [6.07, 6.45) is 3.84. The molecule has 0 saturated carbocycles. The predicted molar refractivity (Wildman–Crippen MR) is 116 cm³/mol. The number of thiazole rings is 1. The number of amides is 1. The van der Waals surface area contributed by atoms with Crippen molar-refractivity contribution in [2.75, 3.05) is 18.4 Å². The molecule has 0 aliphatic carbocycles. The van der Waals surface area contributed by atoms with E-state index in [1.807, 2.05) is 56.0 Å². The molecule has 1 aromatic carbocycles. The summed E-state index contributed by atoms with van der Waals surface area (Å²) in [5.74, 6) is 0.105. The average Bonchev–Trinajstić information content (AvgIpc) is 3.37. The van der Waals surface area contributed by atoms with E-state index >= 15 is 0 Å². The summed E-state index contributed by atoms with van der Waals surface area (Å²) in [5, 5.41) is 12.7. The van der Waals surface area contributed by atoms with Crippen molar-refractivity contribution in [3.05, 3.63) is 53.3 Å². The van der Waals surface area contributed by atoms with Crippen molar-refractivity contribution in [3.8, 4) is 0 Å². The van der Waals surface area contributed by atoms with E-state index in [-0.39, 0.29) is 30.2 Å². The van der Waals surface area contributed by atoms with E-state index in [0.717, 1.165) is 32.7 Å². The van der Waals surface area contributed by atoms with Gasteiger partial charge in [-0.2, -0.15) is 5.10 Å². The van der Waals surface area contributed by atoms with Crippen molar-refractivity contribution >= 4 is 47.1 Å². The third-order valence-corrected chi connectivity index (χ3v) is 6.69. The summed E-state index contributed by atoms with van der Waals surface area (Å²) in [6.45, 7) is 3.48. The van der Waals surface area contributed by atoms with Crippen LogP contribution < -0.4 is 10.6 Å². The number of halogens is 1. The number of aryl methyl sites for hydroxylation is 2. The van der Waals surface area contributed by atoms with Gasteiger partial charge in [0.05, 0.1) is 12.1 Å². The molecule has 1 aliphatic rings. The molecule has 6 nitrogen and oxygen atoms in total. The molecule has 3 heterocycles. The zero-order valence-electron chi connectivity index (χ0n) is 15.6. The monoisotopic (exact) mass is 435 g/mol. The summed E-state index contributed by atoms with van der Waals surface area (Å²) >= 11 is 3.28. The van der Waals surface area contributed by atoms with Crippen LogP contribution in [-0.4, -0.2) is 33.8 Å². The summed E-state index contributed by atoms with van der Waals surface area (Å²) < 4.78 is 2.81. The largest absolute Gasteiger partial charge is 0.326 e. The van der Waals surface area contributed by atoms with Gasteiger partial charge in [0, 0.05) is 53.9 Å². The molecular formula is C19H22ClN5OS2. The summed E-state index contributed by atoms with van der Waals surface area (Å²) in [4.78, 5) is 18.4. The summed E-state index contributed by atoms with van der Waals surface area (Å²) in [6, 6.07) is 7.93. The Hall–Kier alpha value is -1.87. The number of aromatic nitrogens is 3. The molecule has 1 saturated heterocycles. The number of nitrogens with zero attached hydrogens (tertiary/aromatic N) is 3. The molecule has 2 aromatic heterocycles. The lowest BCUT2D eigenvalue weighted by molar-refractivity contribution is -0.119. The Morgan fingerprint density at radius 2 is 2.11 bits per heavy atom. The zero-order chi connectivity index (χ0) is 18.8. The van der Waals surface area contributed by atoms with Gasteiger partial charge in [0.15, 0.2) is 4.34 Å². The predicted octanol–water partition coefficient (Wildman–Crippen LogP) is 3.70. The van der Waals surface area contributed by atoms with Crippen molar-refractivity contribution in [3.63, 3.8) is 0 Å². The van der Waals surface area contributed by atoms with E-state index in [9.17, 15) is 4.79 Å². The van der Waals surface area contributed by atoms with Crippen molar-refractivity contribution in [2.24, 2.45) is 13.0 Å². The smallest absolute Gasteiger partial charge is 0.229 e. The molecule has 1 amide bonds. The van der Waals surface area contributed by atoms with Crippen LogP contribution in [0, 0.1) is 12.8 Å². The van der Waals surface area contributed by atoms with Gasteiger partial charge in [0.25, 0.3) is 0 Å². The third-order valence-electron chi connectivity index (χ3n) is 4.63. The minimum absolute atomic E-state index is 0. The SMILES string of the molecule is Cc1csc(Sc2ccc(NC(=O)[C@H]3CNC[C@@H]3c3cnn(C)c3)cc2)n1.Cl. The van der Waals surface area contributed by atoms with Gasteiger partial charge in [0.2, 0.25) is 5.91 Å². The number of carbonyl (C=O) groups is 1. The van der Waals surface area contributed by atoms with E-state index in [1.54, 1.807) is 27.8 Å². The lowest BCUT2D eigenvalue weighted by atomic mass is 9.90. The van der Waals surface area contributed by atoms with Gasteiger partial charge >= 0.3 is 0 Å². The van der Waals surface area contributed by atoms with Crippen LogP contribution in [0.15, 0.2) is 51.3 Å². The molecule has 2 N–H and O–H groups in total. The fourth-order valence-electron chi connectivity index (χ4n) is 3.26. The van der Waals surface area contributed by atoms with E-state index in [4.69, 9.17) is 0 Å². The topological polar surface area (TPSA) is 71.8 Å². The number of rotatable bonds is 5. The number of nitrogens with one attached hydrogen (secondary N) is 2. The maximum absolute atomic E-state index is 12.8. The van der Waals surface area contributed by atoms with Crippen LogP contribution in [-0.2, 0) is 11.8 Å². The number of benzene rings is 1. The molecule has 3 aromatic rings. The Morgan fingerprint density at radius 3 is 2.75 bits per heavy atom. The van der Waals surface area contributed by atoms with E-state index < -0.39 is 0 Å². The molecule has 0 spiro atoms. The second kappa shape index (κ2) is 9.09. The molecule has 0 bridgehead atoms. The van der Waals surface area contributed by atoms with Crippen molar-refractivity contribution in [1.82, 2.24) is 20.1 Å². The Kier molecular flexibility index (Phi) is 6.77. The highest BCUT2D eigenvalue weighted by Crippen LogP contribution is 2.32. The van der Waals surface area contributed by atoms with Crippen LogP contribution in [0.25, 0.3) is 0 Å². The van der Waals surface area contributed by atoms with Crippen molar-refractivity contribution in [1.29, 1.82) is 0 Å². The van der Waals surface area contributed by atoms with E-state index in [0.29, 0.717) is 6.54 Å². The van der Waals surface area contributed by atoms with Gasteiger partial charge in [-0.25, -0.2) is 4.98 Å². The maximum atomic E-state index is 12.8. The first-order chi connectivity index (χ1) is 13.1. The normalized spacial score (nSPS) is 18.6. The average molecular weight is 436 g/mol. The van der Waals surface area contributed by atoms with Crippen LogP contribution in [0.4, 0.5) is 5.69 Å². The van der Waals surface area contributed by atoms with Gasteiger partial charge in [-0.15, -0.1) is 23.7 Å². The minimum atomic E-state index is -0.0958. The van der Waals surface area contributed by atoms with Crippen LogP contribution >= 0.6 is 35.5 Å². The van der Waals surface area contributed by atoms with E-state index in [2.05, 4.69) is 20.7 Å². The molecule has 1 aliphatic heterocycles.